The molecule has 32 heavy (non-hydrogen) atoms. The van der Waals surface area contributed by atoms with Crippen LogP contribution in [-0.2, 0) is 6.42 Å². The van der Waals surface area contributed by atoms with Crippen LogP contribution in [0.5, 0.6) is 0 Å². The monoisotopic (exact) mass is 435 g/mol. The maximum Gasteiger partial charge on any atom is 0.0658 e. The first-order valence-corrected chi connectivity index (χ1v) is 14.2. The van der Waals surface area contributed by atoms with E-state index in [0.29, 0.717) is 11.8 Å². The van der Waals surface area contributed by atoms with E-state index in [1.54, 1.807) is 5.56 Å². The lowest BCUT2D eigenvalue weighted by Gasteiger charge is -2.34. The normalized spacial score (nSPS) is 27.0. The summed E-state index contributed by atoms with van der Waals surface area (Å²) in [6.07, 6.45) is 22.6. The molecule has 0 saturated heterocycles. The van der Waals surface area contributed by atoms with Crippen molar-refractivity contribution >= 4 is 0 Å². The van der Waals surface area contributed by atoms with Gasteiger partial charge >= 0.3 is 0 Å². The highest BCUT2D eigenvalue weighted by Crippen LogP contribution is 2.42. The molecule has 1 aromatic rings. The number of benzene rings is 1. The van der Waals surface area contributed by atoms with Crippen molar-refractivity contribution < 1.29 is 0 Å². The van der Waals surface area contributed by atoms with Gasteiger partial charge in [0.1, 0.15) is 0 Å². The van der Waals surface area contributed by atoms with Crippen LogP contribution in [0, 0.1) is 35.0 Å². The zero-order chi connectivity index (χ0) is 22.6. The minimum atomic E-state index is 0.315. The van der Waals surface area contributed by atoms with Crippen LogP contribution in [0.1, 0.15) is 134 Å². The molecule has 2 saturated carbocycles. The summed E-state index contributed by atoms with van der Waals surface area (Å²) in [5.74, 6) is 3.48. The number of hydrogen-bond donors (Lipinski definition) is 0. The Kier molecular flexibility index (Phi) is 11.1. The van der Waals surface area contributed by atoms with Crippen molar-refractivity contribution in [1.82, 2.24) is 0 Å². The molecular formula is C31H49N. The standard InChI is InChI=1S/C31H49N/c1-3-5-7-9-25-11-17-28(18-12-25)29-21-15-27(16-22-29)23-31(24-32)30-19-13-26(14-20-30)10-8-6-4-2/h11-12,17-18,26-27,29-31H,3-10,13-16,19-23H2,1-2H3/t26-,27-,29-,30-,31?. The Bertz CT molecular complexity index is 653. The molecule has 3 rings (SSSR count). The Morgan fingerprint density at radius 1 is 0.781 bits per heavy atom. The first-order valence-electron chi connectivity index (χ1n) is 14.2. The van der Waals surface area contributed by atoms with Crippen LogP contribution in [-0.4, -0.2) is 0 Å². The largest absolute Gasteiger partial charge is 0.198 e. The van der Waals surface area contributed by atoms with E-state index in [9.17, 15) is 5.26 Å². The third-order valence-corrected chi connectivity index (χ3v) is 8.80. The number of aryl methyl sites for hydroxylation is 1. The van der Waals surface area contributed by atoms with Crippen LogP contribution in [0.25, 0.3) is 0 Å². The molecule has 0 spiro atoms. The Labute approximate surface area is 199 Å². The van der Waals surface area contributed by atoms with Gasteiger partial charge in [-0.25, -0.2) is 0 Å². The molecule has 1 aromatic carbocycles. The van der Waals surface area contributed by atoms with E-state index < -0.39 is 0 Å². The van der Waals surface area contributed by atoms with Crippen molar-refractivity contribution in [3.8, 4) is 6.07 Å². The fourth-order valence-corrected chi connectivity index (χ4v) is 6.54. The van der Waals surface area contributed by atoms with E-state index >= 15 is 0 Å². The summed E-state index contributed by atoms with van der Waals surface area (Å²) >= 11 is 0. The first-order chi connectivity index (χ1) is 15.7. The number of hydrogen-bond acceptors (Lipinski definition) is 1. The second-order valence-electron chi connectivity index (χ2n) is 11.2. The van der Waals surface area contributed by atoms with Crippen LogP contribution in [0.2, 0.25) is 0 Å². The van der Waals surface area contributed by atoms with Gasteiger partial charge in [0, 0.05) is 5.92 Å². The molecule has 1 unspecified atom stereocenters. The van der Waals surface area contributed by atoms with Crippen molar-refractivity contribution in [2.45, 2.75) is 129 Å². The molecule has 0 aromatic heterocycles. The Morgan fingerprint density at radius 2 is 1.41 bits per heavy atom. The molecular weight excluding hydrogens is 386 g/mol. The molecule has 0 heterocycles. The molecule has 2 fully saturated rings. The molecule has 1 nitrogen and oxygen atoms in total. The lowest BCUT2D eigenvalue weighted by Crippen LogP contribution is -2.24. The predicted molar refractivity (Wildman–Crippen MR) is 138 cm³/mol. The Hall–Kier alpha value is -1.29. The van der Waals surface area contributed by atoms with Crippen molar-refractivity contribution in [1.29, 1.82) is 5.26 Å². The van der Waals surface area contributed by atoms with Crippen LogP contribution >= 0.6 is 0 Å². The number of nitriles is 1. The molecule has 2 aliphatic rings. The molecule has 1 heteroatoms. The van der Waals surface area contributed by atoms with Gasteiger partial charge in [-0.2, -0.15) is 5.26 Å². The van der Waals surface area contributed by atoms with E-state index in [4.69, 9.17) is 0 Å². The highest BCUT2D eigenvalue weighted by molar-refractivity contribution is 5.26. The van der Waals surface area contributed by atoms with Gasteiger partial charge in [0.05, 0.1) is 6.07 Å². The van der Waals surface area contributed by atoms with Crippen LogP contribution in [0.4, 0.5) is 0 Å². The summed E-state index contributed by atoms with van der Waals surface area (Å²) in [5.41, 5.74) is 3.06. The average Bonchev–Trinajstić information content (AvgIpc) is 2.84. The summed E-state index contributed by atoms with van der Waals surface area (Å²) in [6.45, 7) is 4.57. The van der Waals surface area contributed by atoms with Crippen molar-refractivity contribution in [2.75, 3.05) is 0 Å². The van der Waals surface area contributed by atoms with Gasteiger partial charge in [0.2, 0.25) is 0 Å². The lowest BCUT2D eigenvalue weighted by molar-refractivity contribution is 0.187. The van der Waals surface area contributed by atoms with Gasteiger partial charge in [-0.05, 0) is 92.6 Å². The van der Waals surface area contributed by atoms with Crippen molar-refractivity contribution in [3.63, 3.8) is 0 Å². The van der Waals surface area contributed by atoms with Gasteiger partial charge in [-0.1, -0.05) is 89.5 Å². The fourth-order valence-electron chi connectivity index (χ4n) is 6.54. The summed E-state index contributed by atoms with van der Waals surface area (Å²) in [5, 5.41) is 9.93. The maximum atomic E-state index is 9.93. The fraction of sp³-hybridized carbons (Fsp3) is 0.774. The summed E-state index contributed by atoms with van der Waals surface area (Å²) in [4.78, 5) is 0. The summed E-state index contributed by atoms with van der Waals surface area (Å²) < 4.78 is 0. The number of unbranched alkanes of at least 4 members (excludes halogenated alkanes) is 4. The minimum Gasteiger partial charge on any atom is -0.198 e. The molecule has 1 atom stereocenters. The molecule has 0 amide bonds. The molecule has 0 radical (unpaired) electrons. The van der Waals surface area contributed by atoms with E-state index in [1.807, 2.05) is 0 Å². The van der Waals surface area contributed by atoms with Crippen LogP contribution in [0.15, 0.2) is 24.3 Å². The Morgan fingerprint density at radius 3 is 2.03 bits per heavy atom. The minimum absolute atomic E-state index is 0.315. The van der Waals surface area contributed by atoms with E-state index in [-0.39, 0.29) is 0 Å². The summed E-state index contributed by atoms with van der Waals surface area (Å²) in [6, 6.07) is 12.3. The van der Waals surface area contributed by atoms with Gasteiger partial charge in [-0.3, -0.25) is 0 Å². The molecule has 0 N–H and O–H groups in total. The van der Waals surface area contributed by atoms with Gasteiger partial charge < -0.3 is 0 Å². The van der Waals surface area contributed by atoms with Gasteiger partial charge in [0.15, 0.2) is 0 Å². The van der Waals surface area contributed by atoms with Crippen LogP contribution < -0.4 is 0 Å². The topological polar surface area (TPSA) is 23.8 Å². The van der Waals surface area contributed by atoms with Gasteiger partial charge in [0.25, 0.3) is 0 Å². The number of rotatable bonds is 12. The average molecular weight is 436 g/mol. The molecule has 2 aliphatic carbocycles. The highest BCUT2D eigenvalue weighted by atomic mass is 14.4. The SMILES string of the molecule is CCCCCc1ccc([C@H]2CC[C@H](CC(C#N)[C@H]3CC[C@H](CCCCC)CC3)CC2)cc1. The maximum absolute atomic E-state index is 9.93. The zero-order valence-corrected chi connectivity index (χ0v) is 21.2. The van der Waals surface area contributed by atoms with Crippen molar-refractivity contribution in [3.05, 3.63) is 35.4 Å². The van der Waals surface area contributed by atoms with Crippen molar-refractivity contribution in [2.24, 2.45) is 23.7 Å². The predicted octanol–water partition coefficient (Wildman–Crippen LogP) is 9.61. The first kappa shape index (κ1) is 25.3. The smallest absolute Gasteiger partial charge is 0.0658 e. The third kappa shape index (κ3) is 7.93. The quantitative estimate of drug-likeness (QED) is 0.300. The number of nitrogens with zero attached hydrogens (tertiary/aromatic N) is 1. The van der Waals surface area contributed by atoms with E-state index in [0.717, 1.165) is 17.8 Å². The highest BCUT2D eigenvalue weighted by Gasteiger charge is 2.31. The van der Waals surface area contributed by atoms with Crippen LogP contribution in [0.3, 0.4) is 0 Å². The molecule has 0 bridgehead atoms. The Balaban J connectivity index is 1.39. The summed E-state index contributed by atoms with van der Waals surface area (Å²) in [7, 11) is 0. The molecule has 178 valence electrons. The van der Waals surface area contributed by atoms with Gasteiger partial charge in [-0.15, -0.1) is 0 Å². The van der Waals surface area contributed by atoms with E-state index in [2.05, 4.69) is 44.2 Å². The van der Waals surface area contributed by atoms with E-state index in [1.165, 1.54) is 115 Å². The molecule has 0 aliphatic heterocycles. The third-order valence-electron chi connectivity index (χ3n) is 8.80. The zero-order valence-electron chi connectivity index (χ0n) is 21.2. The second-order valence-corrected chi connectivity index (χ2v) is 11.2. The second kappa shape index (κ2) is 14.1. The lowest BCUT2D eigenvalue weighted by atomic mass is 9.70.